The summed E-state index contributed by atoms with van der Waals surface area (Å²) in [6.07, 6.45) is 0. The van der Waals surface area contributed by atoms with Crippen LogP contribution in [0.3, 0.4) is 0 Å². The largest absolute Gasteiger partial charge is 0.303 e. The third kappa shape index (κ3) is 5.04. The lowest BCUT2D eigenvalue weighted by Crippen LogP contribution is -2.36. The molecule has 0 fully saturated rings. The van der Waals surface area contributed by atoms with Crippen molar-refractivity contribution in [3.63, 3.8) is 0 Å². The van der Waals surface area contributed by atoms with E-state index in [0.717, 1.165) is 4.47 Å². The Morgan fingerprint density at radius 2 is 2.05 bits per heavy atom. The summed E-state index contributed by atoms with van der Waals surface area (Å²) in [7, 11) is -1.61. The number of hydrogen-bond acceptors (Lipinski definition) is 3. The zero-order chi connectivity index (χ0) is 14.6. The predicted octanol–water partition coefficient (Wildman–Crippen LogP) is 2.72. The van der Waals surface area contributed by atoms with Gasteiger partial charge in [-0.2, -0.15) is 0 Å². The summed E-state index contributed by atoms with van der Waals surface area (Å²) in [6.45, 7) is 5.11. The van der Waals surface area contributed by atoms with E-state index in [2.05, 4.69) is 39.4 Å². The Balaban J connectivity index is 2.71. The molecule has 7 heteroatoms. The van der Waals surface area contributed by atoms with Crippen molar-refractivity contribution in [2.45, 2.75) is 24.8 Å². The van der Waals surface area contributed by atoms with Crippen molar-refractivity contribution in [3.05, 3.63) is 27.7 Å². The number of nitrogens with zero attached hydrogens (tertiary/aromatic N) is 1. The molecule has 0 spiro atoms. The monoisotopic (exact) mass is 368 g/mol. The average molecular weight is 370 g/mol. The third-order valence-corrected chi connectivity index (χ3v) is 5.26. The van der Waals surface area contributed by atoms with Crippen LogP contribution >= 0.6 is 27.5 Å². The van der Waals surface area contributed by atoms with Gasteiger partial charge in [0.05, 0.1) is 5.02 Å². The molecule has 0 amide bonds. The Morgan fingerprint density at radius 3 is 2.58 bits per heavy atom. The summed E-state index contributed by atoms with van der Waals surface area (Å²) >= 11 is 9.19. The van der Waals surface area contributed by atoms with E-state index >= 15 is 0 Å². The van der Waals surface area contributed by atoms with Crippen LogP contribution in [0, 0.1) is 0 Å². The normalized spacial score (nSPS) is 12.4. The maximum atomic E-state index is 12.1. The Kier molecular flexibility index (Phi) is 6.26. The summed E-state index contributed by atoms with van der Waals surface area (Å²) < 4.78 is 27.5. The third-order valence-electron chi connectivity index (χ3n) is 2.82. The molecule has 0 atom stereocenters. The molecule has 0 aromatic heterocycles. The van der Waals surface area contributed by atoms with Gasteiger partial charge in [0.25, 0.3) is 0 Å². The molecule has 0 saturated heterocycles. The second-order valence-electron chi connectivity index (χ2n) is 4.55. The highest BCUT2D eigenvalue weighted by Crippen LogP contribution is 2.24. The Bertz CT molecular complexity index is 535. The van der Waals surface area contributed by atoms with Gasteiger partial charge in [-0.25, -0.2) is 13.1 Å². The van der Waals surface area contributed by atoms with Crippen molar-refractivity contribution in [1.29, 1.82) is 0 Å². The van der Waals surface area contributed by atoms with E-state index in [1.165, 1.54) is 6.07 Å². The summed E-state index contributed by atoms with van der Waals surface area (Å²) in [6, 6.07) is 5.08. The minimum Gasteiger partial charge on any atom is -0.303 e. The summed E-state index contributed by atoms with van der Waals surface area (Å²) in [4.78, 5) is 2.16. The lowest BCUT2D eigenvalue weighted by atomic mass is 10.3. The van der Waals surface area contributed by atoms with E-state index in [-0.39, 0.29) is 9.92 Å². The van der Waals surface area contributed by atoms with E-state index in [0.29, 0.717) is 19.1 Å². The van der Waals surface area contributed by atoms with E-state index in [9.17, 15) is 8.42 Å². The molecule has 0 heterocycles. The summed E-state index contributed by atoms with van der Waals surface area (Å²) in [5, 5.41) is 0.207. The van der Waals surface area contributed by atoms with Crippen LogP contribution in [0.2, 0.25) is 5.02 Å². The van der Waals surface area contributed by atoms with Crippen molar-refractivity contribution in [2.24, 2.45) is 0 Å². The van der Waals surface area contributed by atoms with E-state index in [1.54, 1.807) is 12.1 Å². The Labute approximate surface area is 128 Å². The Hall–Kier alpha value is -0.140. The Morgan fingerprint density at radius 1 is 1.42 bits per heavy atom. The fraction of sp³-hybridized carbons (Fsp3) is 0.500. The van der Waals surface area contributed by atoms with Crippen molar-refractivity contribution >= 4 is 37.6 Å². The molecule has 1 rings (SSSR count). The molecule has 0 bridgehead atoms. The fourth-order valence-electron chi connectivity index (χ4n) is 1.39. The molecule has 1 aromatic rings. The van der Waals surface area contributed by atoms with Gasteiger partial charge in [0.1, 0.15) is 4.90 Å². The highest BCUT2D eigenvalue weighted by atomic mass is 79.9. The first-order valence-electron chi connectivity index (χ1n) is 5.89. The fourth-order valence-corrected chi connectivity index (χ4v) is 3.44. The number of nitrogens with one attached hydrogen (secondary N) is 1. The lowest BCUT2D eigenvalue weighted by molar-refractivity contribution is 0.278. The predicted molar refractivity (Wildman–Crippen MR) is 82.1 cm³/mol. The van der Waals surface area contributed by atoms with Crippen LogP contribution < -0.4 is 4.72 Å². The number of halogens is 2. The van der Waals surface area contributed by atoms with Gasteiger partial charge in [-0.3, -0.25) is 0 Å². The van der Waals surface area contributed by atoms with Gasteiger partial charge in [0, 0.05) is 23.6 Å². The first-order chi connectivity index (χ1) is 8.74. The molecular formula is C12H18BrClN2O2S. The van der Waals surface area contributed by atoms with Gasteiger partial charge in [-0.05, 0) is 39.1 Å². The van der Waals surface area contributed by atoms with E-state index < -0.39 is 10.0 Å². The van der Waals surface area contributed by atoms with Crippen molar-refractivity contribution in [1.82, 2.24) is 9.62 Å². The summed E-state index contributed by atoms with van der Waals surface area (Å²) in [5.74, 6) is 0. The SMILES string of the molecule is CC(C)N(C)CCNS(=O)(=O)c1ccc(Br)cc1Cl. The molecular weight excluding hydrogens is 352 g/mol. The number of likely N-dealkylation sites (N-methyl/N-ethyl adjacent to an activating group) is 1. The molecule has 4 nitrogen and oxygen atoms in total. The second kappa shape index (κ2) is 7.04. The van der Waals surface area contributed by atoms with Gasteiger partial charge >= 0.3 is 0 Å². The molecule has 1 N–H and O–H groups in total. The van der Waals surface area contributed by atoms with Gasteiger partial charge in [0.2, 0.25) is 10.0 Å². The van der Waals surface area contributed by atoms with Gasteiger partial charge in [0.15, 0.2) is 0 Å². The van der Waals surface area contributed by atoms with E-state index in [1.807, 2.05) is 7.05 Å². The highest BCUT2D eigenvalue weighted by molar-refractivity contribution is 9.10. The molecule has 0 saturated carbocycles. The molecule has 0 aliphatic heterocycles. The quantitative estimate of drug-likeness (QED) is 0.839. The lowest BCUT2D eigenvalue weighted by Gasteiger charge is -2.21. The molecule has 0 unspecified atom stereocenters. The van der Waals surface area contributed by atoms with Gasteiger partial charge < -0.3 is 4.90 Å². The minimum atomic E-state index is -3.56. The second-order valence-corrected chi connectivity index (χ2v) is 7.61. The smallest absolute Gasteiger partial charge is 0.242 e. The highest BCUT2D eigenvalue weighted by Gasteiger charge is 2.17. The zero-order valence-electron chi connectivity index (χ0n) is 11.2. The molecule has 0 aliphatic carbocycles. The van der Waals surface area contributed by atoms with E-state index in [4.69, 9.17) is 11.6 Å². The standard InChI is InChI=1S/C12H18BrClN2O2S/c1-9(2)16(3)7-6-15-19(17,18)12-5-4-10(13)8-11(12)14/h4-5,8-9,15H,6-7H2,1-3H3. The molecule has 0 aliphatic rings. The van der Waals surface area contributed by atoms with Gasteiger partial charge in [-0.1, -0.05) is 27.5 Å². The number of rotatable bonds is 6. The maximum absolute atomic E-state index is 12.1. The summed E-state index contributed by atoms with van der Waals surface area (Å²) in [5.41, 5.74) is 0. The topological polar surface area (TPSA) is 49.4 Å². The minimum absolute atomic E-state index is 0.101. The first kappa shape index (κ1) is 16.9. The number of sulfonamides is 1. The molecule has 0 radical (unpaired) electrons. The van der Waals surface area contributed by atoms with Crippen LogP contribution in [-0.4, -0.2) is 39.5 Å². The molecule has 1 aromatic carbocycles. The van der Waals surface area contributed by atoms with Crippen LogP contribution in [0.1, 0.15) is 13.8 Å². The maximum Gasteiger partial charge on any atom is 0.242 e. The van der Waals surface area contributed by atoms with Crippen LogP contribution in [0.4, 0.5) is 0 Å². The van der Waals surface area contributed by atoms with Gasteiger partial charge in [-0.15, -0.1) is 0 Å². The average Bonchev–Trinajstić information content (AvgIpc) is 2.27. The van der Waals surface area contributed by atoms with Crippen molar-refractivity contribution < 1.29 is 8.42 Å². The first-order valence-corrected chi connectivity index (χ1v) is 8.54. The van der Waals surface area contributed by atoms with Crippen molar-refractivity contribution in [2.75, 3.05) is 20.1 Å². The number of benzene rings is 1. The van der Waals surface area contributed by atoms with Crippen LogP contribution in [0.25, 0.3) is 0 Å². The number of hydrogen-bond donors (Lipinski definition) is 1. The van der Waals surface area contributed by atoms with Crippen LogP contribution in [0.5, 0.6) is 0 Å². The van der Waals surface area contributed by atoms with Crippen LogP contribution in [0.15, 0.2) is 27.6 Å². The molecule has 108 valence electrons. The molecule has 19 heavy (non-hydrogen) atoms. The zero-order valence-corrected chi connectivity index (χ0v) is 14.3. The van der Waals surface area contributed by atoms with Crippen molar-refractivity contribution in [3.8, 4) is 0 Å². The van der Waals surface area contributed by atoms with Crippen LogP contribution in [-0.2, 0) is 10.0 Å².